The standard InChI is InChI=1S/C19H11N5O4S/c25-16(10-5-11-15(20-7-10)22-18(27)23-17(11)26)24-19-21-12(8-29-19)14-6-9-3-1-2-4-13(9)28-14/h1-8H,(H,21,24,25)(H2,20,22,23,26,27). The molecule has 0 aliphatic rings. The lowest BCUT2D eigenvalue weighted by atomic mass is 10.2. The van der Waals surface area contributed by atoms with Gasteiger partial charge in [0.2, 0.25) is 0 Å². The quantitative estimate of drug-likeness (QED) is 0.423. The van der Waals surface area contributed by atoms with Gasteiger partial charge in [0.1, 0.15) is 16.9 Å². The number of anilines is 1. The third-order valence-corrected chi connectivity index (χ3v) is 5.01. The minimum atomic E-state index is -0.659. The van der Waals surface area contributed by atoms with Crippen LogP contribution in [0.2, 0.25) is 0 Å². The van der Waals surface area contributed by atoms with E-state index in [1.54, 1.807) is 5.38 Å². The van der Waals surface area contributed by atoms with Crippen LogP contribution in [0, 0.1) is 0 Å². The number of carbonyl (C=O) groups excluding carboxylic acids is 1. The Morgan fingerprint density at radius 1 is 1.14 bits per heavy atom. The normalized spacial score (nSPS) is 11.2. The van der Waals surface area contributed by atoms with E-state index >= 15 is 0 Å². The highest BCUT2D eigenvalue weighted by atomic mass is 32.1. The number of carbonyl (C=O) groups is 1. The first kappa shape index (κ1) is 17.1. The number of nitrogens with one attached hydrogen (secondary N) is 3. The SMILES string of the molecule is O=C(Nc1nc(-c2cc3ccccc3o2)cs1)c1cnc2[nH]c(=O)[nH]c(=O)c2c1. The molecule has 1 aromatic carbocycles. The number of aromatic amines is 2. The Bertz CT molecular complexity index is 1480. The smallest absolute Gasteiger partial charge is 0.327 e. The number of benzene rings is 1. The van der Waals surface area contributed by atoms with Crippen LogP contribution in [0.5, 0.6) is 0 Å². The predicted molar refractivity (Wildman–Crippen MR) is 108 cm³/mol. The van der Waals surface area contributed by atoms with Crippen molar-refractivity contribution in [2.45, 2.75) is 0 Å². The molecule has 0 unspecified atom stereocenters. The Kier molecular flexibility index (Phi) is 3.85. The second-order valence-corrected chi connectivity index (χ2v) is 7.03. The Labute approximate surface area is 165 Å². The van der Waals surface area contributed by atoms with E-state index in [0.29, 0.717) is 16.6 Å². The summed E-state index contributed by atoms with van der Waals surface area (Å²) in [5.74, 6) is 0.126. The molecule has 0 radical (unpaired) electrons. The topological polar surface area (TPSA) is 134 Å². The van der Waals surface area contributed by atoms with Crippen LogP contribution in [0.15, 0.2) is 62.0 Å². The van der Waals surface area contributed by atoms with E-state index in [1.165, 1.54) is 23.6 Å². The van der Waals surface area contributed by atoms with E-state index in [1.807, 2.05) is 30.3 Å². The van der Waals surface area contributed by atoms with Gasteiger partial charge in [-0.2, -0.15) is 0 Å². The number of rotatable bonds is 3. The number of furan rings is 1. The van der Waals surface area contributed by atoms with Crippen molar-refractivity contribution in [2.75, 3.05) is 5.32 Å². The number of thiazole rings is 1. The summed E-state index contributed by atoms with van der Waals surface area (Å²) >= 11 is 1.25. The van der Waals surface area contributed by atoms with E-state index in [4.69, 9.17) is 4.42 Å². The van der Waals surface area contributed by atoms with Gasteiger partial charge in [0.15, 0.2) is 10.9 Å². The van der Waals surface area contributed by atoms with E-state index in [9.17, 15) is 14.4 Å². The highest BCUT2D eigenvalue weighted by Crippen LogP contribution is 2.30. The van der Waals surface area contributed by atoms with Gasteiger partial charge in [-0.3, -0.25) is 24.9 Å². The van der Waals surface area contributed by atoms with Crippen LogP contribution in [0.3, 0.4) is 0 Å². The number of pyridine rings is 1. The van der Waals surface area contributed by atoms with Gasteiger partial charge in [-0.15, -0.1) is 11.3 Å². The molecule has 3 N–H and O–H groups in total. The van der Waals surface area contributed by atoms with Gasteiger partial charge in [-0.25, -0.2) is 14.8 Å². The molecule has 0 aliphatic carbocycles. The third-order valence-electron chi connectivity index (χ3n) is 4.26. The zero-order valence-corrected chi connectivity index (χ0v) is 15.4. The maximum absolute atomic E-state index is 12.5. The van der Waals surface area contributed by atoms with E-state index < -0.39 is 17.2 Å². The Balaban J connectivity index is 1.42. The van der Waals surface area contributed by atoms with Crippen molar-refractivity contribution in [3.05, 3.63) is 74.4 Å². The van der Waals surface area contributed by atoms with Gasteiger partial charge < -0.3 is 4.42 Å². The number of H-pyrrole nitrogens is 2. The van der Waals surface area contributed by atoms with Crippen molar-refractivity contribution in [3.63, 3.8) is 0 Å². The second-order valence-electron chi connectivity index (χ2n) is 6.17. The lowest BCUT2D eigenvalue weighted by Gasteiger charge is -2.02. The molecule has 0 bridgehead atoms. The minimum Gasteiger partial charge on any atom is -0.454 e. The summed E-state index contributed by atoms with van der Waals surface area (Å²) < 4.78 is 5.78. The number of para-hydroxylation sites is 1. The van der Waals surface area contributed by atoms with Crippen molar-refractivity contribution in [1.29, 1.82) is 0 Å². The van der Waals surface area contributed by atoms with Gasteiger partial charge in [0, 0.05) is 17.0 Å². The molecule has 0 spiro atoms. The van der Waals surface area contributed by atoms with Crippen molar-refractivity contribution >= 4 is 44.4 Å². The number of amides is 1. The summed E-state index contributed by atoms with van der Waals surface area (Å²) in [6.07, 6.45) is 1.28. The van der Waals surface area contributed by atoms with E-state index in [0.717, 1.165) is 11.0 Å². The first-order valence-corrected chi connectivity index (χ1v) is 9.33. The maximum atomic E-state index is 12.5. The van der Waals surface area contributed by atoms with E-state index in [-0.39, 0.29) is 16.6 Å². The molecule has 142 valence electrons. The zero-order chi connectivity index (χ0) is 20.0. The molecule has 0 atom stereocenters. The maximum Gasteiger partial charge on any atom is 0.327 e. The molecular weight excluding hydrogens is 394 g/mol. The molecule has 0 saturated heterocycles. The Hall–Kier alpha value is -4.05. The number of hydrogen-bond donors (Lipinski definition) is 3. The van der Waals surface area contributed by atoms with Crippen LogP contribution >= 0.6 is 11.3 Å². The molecule has 9 nitrogen and oxygen atoms in total. The highest BCUT2D eigenvalue weighted by molar-refractivity contribution is 7.14. The first-order valence-electron chi connectivity index (χ1n) is 8.45. The molecule has 5 rings (SSSR count). The Morgan fingerprint density at radius 2 is 2.00 bits per heavy atom. The van der Waals surface area contributed by atoms with Crippen LogP contribution in [-0.2, 0) is 0 Å². The molecule has 0 saturated carbocycles. The first-order chi connectivity index (χ1) is 14.1. The minimum absolute atomic E-state index is 0.108. The molecule has 0 aliphatic heterocycles. The highest BCUT2D eigenvalue weighted by Gasteiger charge is 2.14. The fourth-order valence-electron chi connectivity index (χ4n) is 2.89. The van der Waals surface area contributed by atoms with Crippen LogP contribution in [-0.4, -0.2) is 25.8 Å². The monoisotopic (exact) mass is 405 g/mol. The molecular formula is C19H11N5O4S. The lowest BCUT2D eigenvalue weighted by molar-refractivity contribution is 0.102. The summed E-state index contributed by atoms with van der Waals surface area (Å²) in [6, 6.07) is 10.9. The number of aromatic nitrogens is 4. The molecule has 5 aromatic rings. The van der Waals surface area contributed by atoms with Crippen molar-refractivity contribution < 1.29 is 9.21 Å². The lowest BCUT2D eigenvalue weighted by Crippen LogP contribution is -2.23. The third kappa shape index (κ3) is 3.11. The summed E-state index contributed by atoms with van der Waals surface area (Å²) in [5, 5.41) is 5.91. The summed E-state index contributed by atoms with van der Waals surface area (Å²) in [6.45, 7) is 0. The van der Waals surface area contributed by atoms with Crippen LogP contribution < -0.4 is 16.6 Å². The molecule has 10 heteroatoms. The van der Waals surface area contributed by atoms with Crippen molar-refractivity contribution in [3.8, 4) is 11.5 Å². The number of fused-ring (bicyclic) bond motifs is 2. The summed E-state index contributed by atoms with van der Waals surface area (Å²) in [5.41, 5.74) is 0.353. The molecule has 0 fully saturated rings. The van der Waals surface area contributed by atoms with Gasteiger partial charge in [0.25, 0.3) is 11.5 Å². The average molecular weight is 405 g/mol. The summed E-state index contributed by atoms with van der Waals surface area (Å²) in [7, 11) is 0. The largest absolute Gasteiger partial charge is 0.454 e. The van der Waals surface area contributed by atoms with Gasteiger partial charge in [-0.05, 0) is 18.2 Å². The van der Waals surface area contributed by atoms with Crippen molar-refractivity contribution in [2.24, 2.45) is 0 Å². The molecule has 29 heavy (non-hydrogen) atoms. The fourth-order valence-corrected chi connectivity index (χ4v) is 3.59. The average Bonchev–Trinajstić information content (AvgIpc) is 3.34. The van der Waals surface area contributed by atoms with E-state index in [2.05, 4.69) is 25.3 Å². The van der Waals surface area contributed by atoms with Gasteiger partial charge >= 0.3 is 5.69 Å². The van der Waals surface area contributed by atoms with Crippen LogP contribution in [0.25, 0.3) is 33.5 Å². The molecule has 4 heterocycles. The van der Waals surface area contributed by atoms with Crippen molar-refractivity contribution in [1.82, 2.24) is 19.9 Å². The molecule has 1 amide bonds. The fraction of sp³-hybridized carbons (Fsp3) is 0. The van der Waals surface area contributed by atoms with Gasteiger partial charge in [-0.1, -0.05) is 18.2 Å². The Morgan fingerprint density at radius 3 is 2.86 bits per heavy atom. The molecule has 4 aromatic heterocycles. The van der Waals surface area contributed by atoms with Gasteiger partial charge in [0.05, 0.1) is 10.9 Å². The summed E-state index contributed by atoms with van der Waals surface area (Å²) in [4.78, 5) is 48.6. The van der Waals surface area contributed by atoms with Crippen LogP contribution in [0.4, 0.5) is 5.13 Å². The van der Waals surface area contributed by atoms with Crippen LogP contribution in [0.1, 0.15) is 10.4 Å². The predicted octanol–water partition coefficient (Wildman–Crippen LogP) is 2.73. The number of nitrogens with zero attached hydrogens (tertiary/aromatic N) is 2. The number of hydrogen-bond acceptors (Lipinski definition) is 7. The second kappa shape index (κ2) is 6.53. The zero-order valence-electron chi connectivity index (χ0n) is 14.6.